The monoisotopic (exact) mass is 293 g/mol. The van der Waals surface area contributed by atoms with Crippen molar-refractivity contribution in [2.75, 3.05) is 6.61 Å². The topological polar surface area (TPSA) is 75.6 Å². The Morgan fingerprint density at radius 2 is 2.00 bits per heavy atom. The third-order valence-corrected chi connectivity index (χ3v) is 2.97. The predicted octanol–water partition coefficient (Wildman–Crippen LogP) is 2.59. The number of amides is 1. The number of carboxylic acids is 1. The zero-order chi connectivity index (χ0) is 15.9. The number of hydrogen-bond donors (Lipinski definition) is 2. The third kappa shape index (κ3) is 6.79. The summed E-state index contributed by atoms with van der Waals surface area (Å²) < 4.78 is 5.40. The summed E-state index contributed by atoms with van der Waals surface area (Å²) in [5.41, 5.74) is 0.397. The van der Waals surface area contributed by atoms with Gasteiger partial charge in [0.15, 0.2) is 0 Å². The Morgan fingerprint density at radius 1 is 1.29 bits per heavy atom. The molecule has 1 aromatic carbocycles. The first kappa shape index (κ1) is 17.0. The van der Waals surface area contributed by atoms with Crippen molar-refractivity contribution in [3.8, 4) is 5.75 Å². The van der Waals surface area contributed by atoms with Gasteiger partial charge in [0.1, 0.15) is 5.75 Å². The molecule has 0 radical (unpaired) electrons. The average Bonchev–Trinajstić information content (AvgIpc) is 2.35. The lowest BCUT2D eigenvalue weighted by Gasteiger charge is -2.21. The van der Waals surface area contributed by atoms with Gasteiger partial charge in [-0.1, -0.05) is 26.0 Å². The van der Waals surface area contributed by atoms with E-state index in [0.717, 1.165) is 11.3 Å². The van der Waals surface area contributed by atoms with Gasteiger partial charge in [0.25, 0.3) is 0 Å². The summed E-state index contributed by atoms with van der Waals surface area (Å²) >= 11 is 0. The standard InChI is InChI=1S/C16H23NO4/c1-4-21-13-7-5-6-12(8-13)11-17-14(18)9-16(2,3)10-15(19)20/h5-8H,4,9-11H2,1-3H3,(H,17,18)(H,19,20). The fraction of sp³-hybridized carbons (Fsp3) is 0.500. The van der Waals surface area contributed by atoms with E-state index in [1.54, 1.807) is 13.8 Å². The fourth-order valence-corrected chi connectivity index (χ4v) is 2.08. The maximum atomic E-state index is 11.9. The van der Waals surface area contributed by atoms with Crippen LogP contribution < -0.4 is 10.1 Å². The molecule has 0 aromatic heterocycles. The predicted molar refractivity (Wildman–Crippen MR) is 80.1 cm³/mol. The number of aliphatic carboxylic acids is 1. The second-order valence-electron chi connectivity index (χ2n) is 5.77. The molecule has 0 saturated carbocycles. The minimum absolute atomic E-state index is 0.0275. The quantitative estimate of drug-likeness (QED) is 0.772. The molecule has 1 aromatic rings. The smallest absolute Gasteiger partial charge is 0.303 e. The highest BCUT2D eigenvalue weighted by Gasteiger charge is 2.24. The van der Waals surface area contributed by atoms with Crippen molar-refractivity contribution in [1.82, 2.24) is 5.32 Å². The third-order valence-electron chi connectivity index (χ3n) is 2.97. The van der Waals surface area contributed by atoms with Gasteiger partial charge in [0, 0.05) is 13.0 Å². The van der Waals surface area contributed by atoms with E-state index in [0.29, 0.717) is 13.2 Å². The van der Waals surface area contributed by atoms with Crippen LogP contribution in [-0.4, -0.2) is 23.6 Å². The van der Waals surface area contributed by atoms with E-state index < -0.39 is 11.4 Å². The molecule has 116 valence electrons. The number of carbonyl (C=O) groups is 2. The molecule has 0 saturated heterocycles. The summed E-state index contributed by atoms with van der Waals surface area (Å²) in [6.45, 7) is 6.47. The maximum Gasteiger partial charge on any atom is 0.303 e. The van der Waals surface area contributed by atoms with Crippen LogP contribution in [0, 0.1) is 5.41 Å². The summed E-state index contributed by atoms with van der Waals surface area (Å²) in [5, 5.41) is 11.6. The van der Waals surface area contributed by atoms with Crippen molar-refractivity contribution < 1.29 is 19.4 Å². The Bertz CT molecular complexity index is 497. The van der Waals surface area contributed by atoms with Crippen LogP contribution in [0.1, 0.15) is 39.2 Å². The summed E-state index contributed by atoms with van der Waals surface area (Å²) in [6, 6.07) is 7.53. The molecule has 1 amide bonds. The van der Waals surface area contributed by atoms with Crippen molar-refractivity contribution in [2.45, 2.75) is 40.2 Å². The molecule has 0 aliphatic rings. The molecule has 2 N–H and O–H groups in total. The zero-order valence-electron chi connectivity index (χ0n) is 12.8. The molecule has 5 nitrogen and oxygen atoms in total. The molecule has 0 spiro atoms. The molecule has 0 bridgehead atoms. The number of nitrogens with one attached hydrogen (secondary N) is 1. The van der Waals surface area contributed by atoms with Gasteiger partial charge >= 0.3 is 5.97 Å². The lowest BCUT2D eigenvalue weighted by atomic mass is 9.85. The van der Waals surface area contributed by atoms with Crippen molar-refractivity contribution in [1.29, 1.82) is 0 Å². The van der Waals surface area contributed by atoms with Gasteiger partial charge < -0.3 is 15.2 Å². The second-order valence-corrected chi connectivity index (χ2v) is 5.77. The minimum atomic E-state index is -0.891. The van der Waals surface area contributed by atoms with Crippen molar-refractivity contribution in [3.05, 3.63) is 29.8 Å². The number of benzene rings is 1. The second kappa shape index (κ2) is 7.67. The highest BCUT2D eigenvalue weighted by molar-refractivity contribution is 5.77. The molecule has 21 heavy (non-hydrogen) atoms. The van der Waals surface area contributed by atoms with Crippen LogP contribution in [0.5, 0.6) is 5.75 Å². The van der Waals surface area contributed by atoms with Gasteiger partial charge in [-0.25, -0.2) is 0 Å². The van der Waals surface area contributed by atoms with Crippen molar-refractivity contribution in [2.24, 2.45) is 5.41 Å². The van der Waals surface area contributed by atoms with E-state index in [-0.39, 0.29) is 18.7 Å². The first-order valence-corrected chi connectivity index (χ1v) is 7.02. The fourth-order valence-electron chi connectivity index (χ4n) is 2.08. The van der Waals surface area contributed by atoms with Crippen molar-refractivity contribution >= 4 is 11.9 Å². The van der Waals surface area contributed by atoms with Crippen LogP contribution in [0.3, 0.4) is 0 Å². The summed E-state index contributed by atoms with van der Waals surface area (Å²) in [4.78, 5) is 22.6. The number of rotatable bonds is 8. The van der Waals surface area contributed by atoms with Gasteiger partial charge in [0.05, 0.1) is 13.0 Å². The van der Waals surface area contributed by atoms with Crippen LogP contribution in [0.15, 0.2) is 24.3 Å². The molecular formula is C16H23NO4. The number of ether oxygens (including phenoxy) is 1. The van der Waals surface area contributed by atoms with Gasteiger partial charge in [-0.15, -0.1) is 0 Å². The molecular weight excluding hydrogens is 270 g/mol. The van der Waals surface area contributed by atoms with Crippen LogP contribution in [0.4, 0.5) is 0 Å². The maximum absolute atomic E-state index is 11.9. The van der Waals surface area contributed by atoms with Crippen LogP contribution >= 0.6 is 0 Å². The Balaban J connectivity index is 2.49. The Morgan fingerprint density at radius 3 is 2.62 bits per heavy atom. The highest BCUT2D eigenvalue weighted by Crippen LogP contribution is 2.24. The van der Waals surface area contributed by atoms with E-state index in [1.165, 1.54) is 0 Å². The average molecular weight is 293 g/mol. The van der Waals surface area contributed by atoms with Crippen LogP contribution in [0.2, 0.25) is 0 Å². The molecule has 1 rings (SSSR count). The van der Waals surface area contributed by atoms with Gasteiger partial charge in [0.2, 0.25) is 5.91 Å². The molecule has 0 heterocycles. The molecule has 0 aliphatic heterocycles. The molecule has 0 unspecified atom stereocenters. The lowest BCUT2D eigenvalue weighted by molar-refractivity contribution is -0.139. The SMILES string of the molecule is CCOc1cccc(CNC(=O)CC(C)(C)CC(=O)O)c1. The summed E-state index contributed by atoms with van der Waals surface area (Å²) in [5.74, 6) is -0.268. The van der Waals surface area contributed by atoms with Gasteiger partial charge in [-0.2, -0.15) is 0 Å². The number of carbonyl (C=O) groups excluding carboxylic acids is 1. The van der Waals surface area contributed by atoms with E-state index in [9.17, 15) is 9.59 Å². The van der Waals surface area contributed by atoms with E-state index in [4.69, 9.17) is 9.84 Å². The van der Waals surface area contributed by atoms with Crippen LogP contribution in [-0.2, 0) is 16.1 Å². The van der Waals surface area contributed by atoms with Gasteiger partial charge in [-0.05, 0) is 30.0 Å². The van der Waals surface area contributed by atoms with Gasteiger partial charge in [-0.3, -0.25) is 9.59 Å². The Kier molecular flexibility index (Phi) is 6.21. The number of hydrogen-bond acceptors (Lipinski definition) is 3. The summed E-state index contributed by atoms with van der Waals surface area (Å²) in [6.07, 6.45) is 0.157. The zero-order valence-corrected chi connectivity index (χ0v) is 12.8. The minimum Gasteiger partial charge on any atom is -0.494 e. The van der Waals surface area contributed by atoms with Crippen molar-refractivity contribution in [3.63, 3.8) is 0 Å². The largest absolute Gasteiger partial charge is 0.494 e. The van der Waals surface area contributed by atoms with E-state index >= 15 is 0 Å². The Labute approximate surface area is 125 Å². The first-order chi connectivity index (χ1) is 9.82. The summed E-state index contributed by atoms with van der Waals surface area (Å²) in [7, 11) is 0. The highest BCUT2D eigenvalue weighted by atomic mass is 16.5. The Hall–Kier alpha value is -2.04. The normalized spacial score (nSPS) is 11.0. The van der Waals surface area contributed by atoms with E-state index in [2.05, 4.69) is 5.32 Å². The first-order valence-electron chi connectivity index (χ1n) is 7.02. The van der Waals surface area contributed by atoms with E-state index in [1.807, 2.05) is 31.2 Å². The molecule has 0 atom stereocenters. The van der Waals surface area contributed by atoms with Crippen LogP contribution in [0.25, 0.3) is 0 Å². The molecule has 0 fully saturated rings. The molecule has 5 heteroatoms. The lowest BCUT2D eigenvalue weighted by Crippen LogP contribution is -2.29. The number of carboxylic acid groups (broad SMARTS) is 1. The molecule has 0 aliphatic carbocycles.